The first kappa shape index (κ1) is 13.0. The minimum atomic E-state index is 1.20. The van der Waals surface area contributed by atoms with Crippen LogP contribution in [-0.4, -0.2) is 0 Å². The largest absolute Gasteiger partial charge is 0.0991 e. The van der Waals surface area contributed by atoms with Crippen molar-refractivity contribution in [2.24, 2.45) is 0 Å². The van der Waals surface area contributed by atoms with Crippen LogP contribution in [0.5, 0.6) is 0 Å². The molecule has 0 radical (unpaired) electrons. The minimum absolute atomic E-state index is 1.20. The second-order valence-electron chi connectivity index (χ2n) is 3.24. The Morgan fingerprint density at radius 1 is 1.21 bits per heavy atom. The van der Waals surface area contributed by atoms with Gasteiger partial charge in [0.2, 0.25) is 0 Å². The number of unbranched alkanes of at least 4 members (excludes halogenated alkanes) is 2. The van der Waals surface area contributed by atoms with Crippen molar-refractivity contribution in [2.45, 2.75) is 39.0 Å². The van der Waals surface area contributed by atoms with E-state index in [1.807, 2.05) is 12.2 Å². The molecule has 0 amide bonds. The number of hydrogen-bond acceptors (Lipinski definition) is 0. The van der Waals surface area contributed by atoms with Crippen molar-refractivity contribution in [1.29, 1.82) is 0 Å². The van der Waals surface area contributed by atoms with Crippen molar-refractivity contribution in [3.05, 3.63) is 49.1 Å². The third-order valence-electron chi connectivity index (χ3n) is 1.88. The molecule has 0 nitrogen and oxygen atoms in total. The van der Waals surface area contributed by atoms with Crippen LogP contribution in [0.4, 0.5) is 0 Å². The Morgan fingerprint density at radius 3 is 2.21 bits per heavy atom. The maximum absolute atomic E-state index is 3.57. The predicted molar refractivity (Wildman–Crippen MR) is 66.4 cm³/mol. The van der Waals surface area contributed by atoms with E-state index >= 15 is 0 Å². The Bertz CT molecular complexity index is 182. The number of rotatable bonds is 4. The van der Waals surface area contributed by atoms with Crippen LogP contribution in [0.2, 0.25) is 0 Å². The highest BCUT2D eigenvalue weighted by molar-refractivity contribution is 5.07. The summed E-state index contributed by atoms with van der Waals surface area (Å²) in [7, 11) is 0. The topological polar surface area (TPSA) is 0 Å². The Balaban J connectivity index is 0.000000249. The van der Waals surface area contributed by atoms with E-state index in [9.17, 15) is 0 Å². The molecule has 78 valence electrons. The average Bonchev–Trinajstić information content (AvgIpc) is 2.28. The van der Waals surface area contributed by atoms with Gasteiger partial charge in [-0.05, 0) is 19.3 Å². The second-order valence-corrected chi connectivity index (χ2v) is 3.24. The Morgan fingerprint density at radius 2 is 1.86 bits per heavy atom. The molecule has 0 saturated carbocycles. The molecule has 0 aliphatic heterocycles. The van der Waals surface area contributed by atoms with Gasteiger partial charge in [0.05, 0.1) is 0 Å². The summed E-state index contributed by atoms with van der Waals surface area (Å²) >= 11 is 0. The number of allylic oxidation sites excluding steroid dienone is 7. The van der Waals surface area contributed by atoms with Crippen LogP contribution < -0.4 is 0 Å². The molecule has 0 spiro atoms. The molecule has 1 aliphatic carbocycles. The highest BCUT2D eigenvalue weighted by atomic mass is 13.8. The van der Waals surface area contributed by atoms with Gasteiger partial charge in [0.25, 0.3) is 0 Å². The van der Waals surface area contributed by atoms with E-state index in [2.05, 4.69) is 43.9 Å². The molecule has 0 heteroatoms. The molecule has 0 heterocycles. The van der Waals surface area contributed by atoms with E-state index in [-0.39, 0.29) is 0 Å². The van der Waals surface area contributed by atoms with Crippen molar-refractivity contribution in [1.82, 2.24) is 0 Å². The summed E-state index contributed by atoms with van der Waals surface area (Å²) in [5.74, 6) is 0. The minimum Gasteiger partial charge on any atom is -0.0991 e. The Kier molecular flexibility index (Phi) is 11.1. The molecule has 1 rings (SSSR count). The smallest absolute Gasteiger partial charge is 0.0313 e. The summed E-state index contributed by atoms with van der Waals surface area (Å²) in [6.07, 6.45) is 20.7. The fourth-order valence-corrected chi connectivity index (χ4v) is 1.06. The third kappa shape index (κ3) is 11.0. The molecule has 0 fully saturated rings. The van der Waals surface area contributed by atoms with Gasteiger partial charge in [-0.15, -0.1) is 0 Å². The molecule has 0 atom stereocenters. The van der Waals surface area contributed by atoms with Gasteiger partial charge in [-0.1, -0.05) is 68.9 Å². The zero-order valence-electron chi connectivity index (χ0n) is 9.28. The van der Waals surface area contributed by atoms with Gasteiger partial charge in [0.15, 0.2) is 0 Å². The summed E-state index contributed by atoms with van der Waals surface area (Å²) < 4.78 is 0. The van der Waals surface area contributed by atoms with Crippen molar-refractivity contribution in [3.63, 3.8) is 0 Å². The lowest BCUT2D eigenvalue weighted by molar-refractivity contribution is 0.815. The SMILES string of the molecule is C1=CCCC=C1.C=C/C=C/CCCC. The van der Waals surface area contributed by atoms with Crippen LogP contribution in [0.1, 0.15) is 39.0 Å². The molecule has 0 aromatic rings. The lowest BCUT2D eigenvalue weighted by Crippen LogP contribution is -1.67. The van der Waals surface area contributed by atoms with E-state index in [1.54, 1.807) is 0 Å². The maximum atomic E-state index is 3.57. The zero-order chi connectivity index (χ0) is 10.5. The predicted octanol–water partition coefficient (Wildman–Crippen LogP) is 4.81. The first-order valence-electron chi connectivity index (χ1n) is 5.51. The van der Waals surface area contributed by atoms with Crippen LogP contribution >= 0.6 is 0 Å². The second kappa shape index (κ2) is 12.0. The normalized spacial score (nSPS) is 13.8. The van der Waals surface area contributed by atoms with Crippen LogP contribution in [0.25, 0.3) is 0 Å². The molecule has 0 aromatic heterocycles. The molecule has 0 saturated heterocycles. The summed E-state index contributed by atoms with van der Waals surface area (Å²) in [4.78, 5) is 0. The Labute approximate surface area is 88.7 Å². The van der Waals surface area contributed by atoms with Gasteiger partial charge in [-0.2, -0.15) is 0 Å². The van der Waals surface area contributed by atoms with E-state index in [0.29, 0.717) is 0 Å². The van der Waals surface area contributed by atoms with Crippen molar-refractivity contribution >= 4 is 0 Å². The van der Waals surface area contributed by atoms with E-state index in [4.69, 9.17) is 0 Å². The van der Waals surface area contributed by atoms with Crippen LogP contribution in [-0.2, 0) is 0 Å². The summed E-state index contributed by atoms with van der Waals surface area (Å²) in [6, 6.07) is 0. The van der Waals surface area contributed by atoms with Gasteiger partial charge >= 0.3 is 0 Å². The average molecular weight is 190 g/mol. The monoisotopic (exact) mass is 190 g/mol. The summed E-state index contributed by atoms with van der Waals surface area (Å²) in [5.41, 5.74) is 0. The molecular weight excluding hydrogens is 168 g/mol. The quantitative estimate of drug-likeness (QED) is 0.441. The highest BCUT2D eigenvalue weighted by Crippen LogP contribution is 1.98. The van der Waals surface area contributed by atoms with Crippen molar-refractivity contribution in [2.75, 3.05) is 0 Å². The zero-order valence-corrected chi connectivity index (χ0v) is 9.28. The van der Waals surface area contributed by atoms with Crippen molar-refractivity contribution in [3.8, 4) is 0 Å². The lowest BCUT2D eigenvalue weighted by atomic mass is 10.2. The van der Waals surface area contributed by atoms with E-state index in [0.717, 1.165) is 0 Å². The van der Waals surface area contributed by atoms with E-state index < -0.39 is 0 Å². The van der Waals surface area contributed by atoms with Crippen LogP contribution in [0.15, 0.2) is 49.1 Å². The van der Waals surface area contributed by atoms with Crippen molar-refractivity contribution < 1.29 is 0 Å². The molecule has 1 aliphatic rings. The van der Waals surface area contributed by atoms with Gasteiger partial charge in [-0.3, -0.25) is 0 Å². The van der Waals surface area contributed by atoms with E-state index in [1.165, 1.54) is 32.1 Å². The molecule has 0 bridgehead atoms. The Hall–Kier alpha value is -1.04. The molecule has 0 aromatic carbocycles. The van der Waals surface area contributed by atoms with Gasteiger partial charge in [-0.25, -0.2) is 0 Å². The first-order chi connectivity index (χ1) is 6.91. The summed E-state index contributed by atoms with van der Waals surface area (Å²) in [6.45, 7) is 5.77. The molecule has 0 unspecified atom stereocenters. The highest BCUT2D eigenvalue weighted by Gasteiger charge is 1.77. The molecular formula is C14H22. The fraction of sp³-hybridized carbons (Fsp3) is 0.429. The standard InChI is InChI=1S/C8H14.C6H8/c1-3-5-7-8-6-4-2;1-2-4-6-5-3-1/h3,5,7H,1,4,6,8H2,2H3;1-4H,5-6H2/b7-5+;. The molecule has 0 N–H and O–H groups in total. The van der Waals surface area contributed by atoms with Gasteiger partial charge < -0.3 is 0 Å². The molecule has 14 heavy (non-hydrogen) atoms. The van der Waals surface area contributed by atoms with Crippen LogP contribution in [0, 0.1) is 0 Å². The van der Waals surface area contributed by atoms with Gasteiger partial charge in [0, 0.05) is 0 Å². The fourth-order valence-electron chi connectivity index (χ4n) is 1.06. The van der Waals surface area contributed by atoms with Gasteiger partial charge in [0.1, 0.15) is 0 Å². The third-order valence-corrected chi connectivity index (χ3v) is 1.88. The first-order valence-corrected chi connectivity index (χ1v) is 5.51. The van der Waals surface area contributed by atoms with Crippen LogP contribution in [0.3, 0.4) is 0 Å². The lowest BCUT2D eigenvalue weighted by Gasteiger charge is -1.88. The number of hydrogen-bond donors (Lipinski definition) is 0. The maximum Gasteiger partial charge on any atom is -0.0313 e. The summed E-state index contributed by atoms with van der Waals surface area (Å²) in [5, 5.41) is 0.